The molecule has 0 amide bonds. The van der Waals surface area contributed by atoms with Crippen LogP contribution in [0.5, 0.6) is 0 Å². The first-order valence-corrected chi connectivity index (χ1v) is 8.88. The minimum Gasteiger partial charge on any atom is -0.394 e. The molecule has 1 aromatic heterocycles. The Morgan fingerprint density at radius 1 is 1.04 bits per heavy atom. The lowest BCUT2D eigenvalue weighted by Gasteiger charge is -2.06. The second kappa shape index (κ2) is 9.29. The minimum absolute atomic E-state index is 0.0570. The summed E-state index contributed by atoms with van der Waals surface area (Å²) in [6.07, 6.45) is 2.08. The fourth-order valence-electron chi connectivity index (χ4n) is 2.74. The summed E-state index contributed by atoms with van der Waals surface area (Å²) in [6.45, 7) is 4.53. The fourth-order valence-corrected chi connectivity index (χ4v) is 2.74. The molecule has 0 aliphatic heterocycles. The summed E-state index contributed by atoms with van der Waals surface area (Å²) >= 11 is 0. The molecule has 5 nitrogen and oxygen atoms in total. The van der Waals surface area contributed by atoms with Crippen molar-refractivity contribution in [1.82, 2.24) is 15.1 Å². The number of hydrogen-bond donors (Lipinski definition) is 2. The average molecular weight is 351 g/mol. The van der Waals surface area contributed by atoms with Crippen LogP contribution in [0.3, 0.4) is 0 Å². The third-order valence-corrected chi connectivity index (χ3v) is 4.11. The maximum Gasteiger partial charge on any atom is 0.0972 e. The van der Waals surface area contributed by atoms with E-state index in [9.17, 15) is 0 Å². The van der Waals surface area contributed by atoms with E-state index in [-0.39, 0.29) is 6.61 Å². The molecule has 3 rings (SSSR count). The normalized spacial score (nSPS) is 11.0. The fraction of sp³-hybridized carbons (Fsp3) is 0.286. The molecule has 0 aliphatic rings. The van der Waals surface area contributed by atoms with Gasteiger partial charge in [-0.2, -0.15) is 5.10 Å². The first-order valence-electron chi connectivity index (χ1n) is 8.88. The molecule has 1 heterocycles. The van der Waals surface area contributed by atoms with Crippen LogP contribution in [0.25, 0.3) is 16.9 Å². The number of rotatable bonds is 9. The molecule has 0 spiro atoms. The van der Waals surface area contributed by atoms with E-state index >= 15 is 0 Å². The van der Waals surface area contributed by atoms with Crippen molar-refractivity contribution in [3.8, 4) is 16.9 Å². The predicted octanol–water partition coefficient (Wildman–Crippen LogP) is 2.95. The standard InChI is InChI=1S/C21H25N3O2/c1-17-7-9-18(10-8-17)21-19(15-22-11-13-26-14-12-25)16-24(23-21)20-5-3-2-4-6-20/h2-10,16,22,25H,11-15H2,1H3. The summed E-state index contributed by atoms with van der Waals surface area (Å²) in [4.78, 5) is 0. The van der Waals surface area contributed by atoms with Crippen LogP contribution in [0.2, 0.25) is 0 Å². The number of aryl methyl sites for hydroxylation is 1. The van der Waals surface area contributed by atoms with Crippen LogP contribution < -0.4 is 5.32 Å². The SMILES string of the molecule is Cc1ccc(-c2nn(-c3ccccc3)cc2CNCCOCCO)cc1. The Bertz CT molecular complexity index is 798. The van der Waals surface area contributed by atoms with Gasteiger partial charge in [-0.15, -0.1) is 0 Å². The molecule has 0 saturated carbocycles. The van der Waals surface area contributed by atoms with Crippen LogP contribution >= 0.6 is 0 Å². The van der Waals surface area contributed by atoms with Crippen LogP contribution in [0.15, 0.2) is 60.8 Å². The quantitative estimate of drug-likeness (QED) is 0.582. The molecular formula is C21H25N3O2. The highest BCUT2D eigenvalue weighted by Gasteiger charge is 2.12. The summed E-state index contributed by atoms with van der Waals surface area (Å²) in [7, 11) is 0. The molecule has 2 aromatic carbocycles. The lowest BCUT2D eigenvalue weighted by atomic mass is 10.1. The monoisotopic (exact) mass is 351 g/mol. The van der Waals surface area contributed by atoms with E-state index in [1.165, 1.54) is 5.56 Å². The van der Waals surface area contributed by atoms with Crippen molar-refractivity contribution in [2.24, 2.45) is 0 Å². The van der Waals surface area contributed by atoms with Gasteiger partial charge >= 0.3 is 0 Å². The summed E-state index contributed by atoms with van der Waals surface area (Å²) in [5, 5.41) is 16.9. The Labute approximate surface area is 154 Å². The molecule has 0 radical (unpaired) electrons. The molecule has 0 saturated heterocycles. The molecule has 3 aromatic rings. The van der Waals surface area contributed by atoms with Crippen molar-refractivity contribution >= 4 is 0 Å². The third-order valence-electron chi connectivity index (χ3n) is 4.11. The molecule has 26 heavy (non-hydrogen) atoms. The first-order chi connectivity index (χ1) is 12.8. The average Bonchev–Trinajstić information content (AvgIpc) is 3.10. The van der Waals surface area contributed by atoms with Gasteiger partial charge in [0.2, 0.25) is 0 Å². The number of aromatic nitrogens is 2. The Balaban J connectivity index is 1.79. The predicted molar refractivity (Wildman–Crippen MR) is 103 cm³/mol. The Hall–Kier alpha value is -2.47. The van der Waals surface area contributed by atoms with Gasteiger partial charge in [0.05, 0.1) is 31.2 Å². The molecule has 2 N–H and O–H groups in total. The third kappa shape index (κ3) is 4.79. The van der Waals surface area contributed by atoms with Gasteiger partial charge in [0, 0.05) is 30.4 Å². The van der Waals surface area contributed by atoms with Crippen molar-refractivity contribution in [2.45, 2.75) is 13.5 Å². The Morgan fingerprint density at radius 2 is 1.81 bits per heavy atom. The lowest BCUT2D eigenvalue weighted by molar-refractivity contribution is 0.0938. The molecule has 0 atom stereocenters. The number of nitrogens with one attached hydrogen (secondary N) is 1. The summed E-state index contributed by atoms with van der Waals surface area (Å²) in [5.74, 6) is 0. The lowest BCUT2D eigenvalue weighted by Crippen LogP contribution is -2.20. The van der Waals surface area contributed by atoms with E-state index < -0.39 is 0 Å². The second-order valence-electron chi connectivity index (χ2n) is 6.16. The number of ether oxygens (including phenoxy) is 1. The van der Waals surface area contributed by atoms with Crippen LogP contribution in [-0.2, 0) is 11.3 Å². The molecule has 0 aliphatic carbocycles. The number of benzene rings is 2. The summed E-state index contributed by atoms with van der Waals surface area (Å²) < 4.78 is 7.22. The highest BCUT2D eigenvalue weighted by Crippen LogP contribution is 2.24. The van der Waals surface area contributed by atoms with Crippen LogP contribution in [0.4, 0.5) is 0 Å². The number of para-hydroxylation sites is 1. The van der Waals surface area contributed by atoms with Gasteiger partial charge in [-0.3, -0.25) is 0 Å². The summed E-state index contributed by atoms with van der Waals surface area (Å²) in [5.41, 5.74) is 5.51. The molecule has 0 bridgehead atoms. The van der Waals surface area contributed by atoms with E-state index in [4.69, 9.17) is 14.9 Å². The molecular weight excluding hydrogens is 326 g/mol. The molecule has 5 heteroatoms. The first kappa shape index (κ1) is 18.3. The Morgan fingerprint density at radius 3 is 2.54 bits per heavy atom. The van der Waals surface area contributed by atoms with E-state index in [2.05, 4.69) is 42.7 Å². The van der Waals surface area contributed by atoms with Gasteiger partial charge in [-0.25, -0.2) is 4.68 Å². The molecule has 136 valence electrons. The van der Waals surface area contributed by atoms with Crippen LogP contribution in [0, 0.1) is 6.92 Å². The van der Waals surface area contributed by atoms with Crippen molar-refractivity contribution < 1.29 is 9.84 Å². The summed E-state index contributed by atoms with van der Waals surface area (Å²) in [6, 6.07) is 18.6. The van der Waals surface area contributed by atoms with Crippen molar-refractivity contribution in [1.29, 1.82) is 0 Å². The van der Waals surface area contributed by atoms with Crippen molar-refractivity contribution in [3.63, 3.8) is 0 Å². The number of aliphatic hydroxyl groups excluding tert-OH is 1. The van der Waals surface area contributed by atoms with Gasteiger partial charge in [0.1, 0.15) is 0 Å². The number of hydrogen-bond acceptors (Lipinski definition) is 4. The van der Waals surface area contributed by atoms with E-state index in [0.717, 1.165) is 29.1 Å². The smallest absolute Gasteiger partial charge is 0.0972 e. The van der Waals surface area contributed by atoms with Crippen LogP contribution in [-0.4, -0.2) is 41.3 Å². The zero-order valence-corrected chi connectivity index (χ0v) is 15.1. The van der Waals surface area contributed by atoms with Crippen LogP contribution in [0.1, 0.15) is 11.1 Å². The number of aliphatic hydroxyl groups is 1. The highest BCUT2D eigenvalue weighted by atomic mass is 16.5. The topological polar surface area (TPSA) is 59.3 Å². The van der Waals surface area contributed by atoms with Gasteiger partial charge in [0.15, 0.2) is 0 Å². The van der Waals surface area contributed by atoms with Crippen molar-refractivity contribution in [3.05, 3.63) is 71.9 Å². The zero-order valence-electron chi connectivity index (χ0n) is 15.1. The molecule has 0 unspecified atom stereocenters. The van der Waals surface area contributed by atoms with E-state index in [0.29, 0.717) is 19.8 Å². The Kier molecular flexibility index (Phi) is 6.55. The largest absolute Gasteiger partial charge is 0.394 e. The van der Waals surface area contributed by atoms with Gasteiger partial charge < -0.3 is 15.2 Å². The highest BCUT2D eigenvalue weighted by molar-refractivity contribution is 5.63. The van der Waals surface area contributed by atoms with E-state index in [1.807, 2.05) is 35.0 Å². The minimum atomic E-state index is 0.0570. The molecule has 0 fully saturated rings. The second-order valence-corrected chi connectivity index (χ2v) is 6.16. The van der Waals surface area contributed by atoms with Gasteiger partial charge in [-0.1, -0.05) is 48.0 Å². The maximum absolute atomic E-state index is 8.74. The van der Waals surface area contributed by atoms with Gasteiger partial charge in [-0.05, 0) is 19.1 Å². The van der Waals surface area contributed by atoms with E-state index in [1.54, 1.807) is 0 Å². The van der Waals surface area contributed by atoms with Crippen molar-refractivity contribution in [2.75, 3.05) is 26.4 Å². The maximum atomic E-state index is 8.74. The number of nitrogens with zero attached hydrogens (tertiary/aromatic N) is 2. The zero-order chi connectivity index (χ0) is 18.2. The van der Waals surface area contributed by atoms with Gasteiger partial charge in [0.25, 0.3) is 0 Å².